The summed E-state index contributed by atoms with van der Waals surface area (Å²) in [7, 11) is 0. The topological polar surface area (TPSA) is 29.4 Å². The minimum Gasteiger partial charge on any atom is -0.299 e. The number of carbonyl (C=O) groups is 1. The van der Waals surface area contributed by atoms with Crippen molar-refractivity contribution < 1.29 is 4.79 Å². The van der Waals surface area contributed by atoms with E-state index in [9.17, 15) is 4.79 Å². The van der Waals surface area contributed by atoms with Crippen molar-refractivity contribution in [3.8, 4) is 0 Å². The molecule has 2 aliphatic rings. The van der Waals surface area contributed by atoms with Crippen molar-refractivity contribution in [2.75, 3.05) is 0 Å². The molecule has 0 radical (unpaired) electrons. The molecule has 0 aromatic heterocycles. The second kappa shape index (κ2) is 6.88. The highest BCUT2D eigenvalue weighted by molar-refractivity contribution is 9.10. The number of hydrogen-bond acceptors (Lipinski definition) is 2. The Labute approximate surface area is 147 Å². The molecule has 3 heteroatoms. The summed E-state index contributed by atoms with van der Waals surface area (Å²) in [6, 6.07) is 6.39. The van der Waals surface area contributed by atoms with Gasteiger partial charge in [-0.25, -0.2) is 0 Å². The van der Waals surface area contributed by atoms with Crippen LogP contribution in [-0.4, -0.2) is 17.0 Å². The fourth-order valence-corrected chi connectivity index (χ4v) is 4.31. The van der Waals surface area contributed by atoms with E-state index in [4.69, 9.17) is 4.99 Å². The van der Waals surface area contributed by atoms with Gasteiger partial charge in [-0.2, -0.15) is 0 Å². The summed E-state index contributed by atoms with van der Waals surface area (Å²) in [5.74, 6) is 0.648. The van der Waals surface area contributed by atoms with E-state index >= 15 is 0 Å². The normalized spacial score (nSPS) is 21.3. The van der Waals surface area contributed by atoms with Crippen LogP contribution >= 0.6 is 15.9 Å². The predicted octanol–water partition coefficient (Wildman–Crippen LogP) is 5.50. The lowest BCUT2D eigenvalue weighted by molar-refractivity contribution is -0.122. The van der Waals surface area contributed by atoms with E-state index in [0.29, 0.717) is 12.2 Å². The third kappa shape index (κ3) is 4.12. The van der Waals surface area contributed by atoms with Crippen molar-refractivity contribution in [1.29, 1.82) is 0 Å². The second-order valence-corrected chi connectivity index (χ2v) is 8.60. The quantitative estimate of drug-likeness (QED) is 0.641. The first-order chi connectivity index (χ1) is 10.9. The van der Waals surface area contributed by atoms with Crippen LogP contribution in [-0.2, 0) is 11.2 Å². The zero-order valence-corrected chi connectivity index (χ0v) is 15.8. The van der Waals surface area contributed by atoms with Gasteiger partial charge in [0, 0.05) is 22.4 Å². The minimum atomic E-state index is -0.111. The fourth-order valence-electron chi connectivity index (χ4n) is 3.95. The molecule has 23 heavy (non-hydrogen) atoms. The monoisotopic (exact) mass is 375 g/mol. The molecule has 1 heterocycles. The molecule has 0 amide bonds. The van der Waals surface area contributed by atoms with Crippen molar-refractivity contribution >= 4 is 27.4 Å². The SMILES string of the molecule is CC1(C)Cc2ccc(Br)cc2C(CC(=O)C2CCCCCC2)=N1. The zero-order valence-electron chi connectivity index (χ0n) is 14.2. The number of nitrogens with zero attached hydrogens (tertiary/aromatic N) is 1. The fraction of sp³-hybridized carbons (Fsp3) is 0.600. The highest BCUT2D eigenvalue weighted by Gasteiger charge is 2.29. The molecule has 1 aliphatic carbocycles. The first-order valence-corrected chi connectivity index (χ1v) is 9.64. The van der Waals surface area contributed by atoms with Crippen molar-refractivity contribution in [1.82, 2.24) is 0 Å². The van der Waals surface area contributed by atoms with Gasteiger partial charge < -0.3 is 0 Å². The van der Waals surface area contributed by atoms with Crippen LogP contribution in [0.3, 0.4) is 0 Å². The Morgan fingerprint density at radius 1 is 1.22 bits per heavy atom. The molecule has 2 nitrogen and oxygen atoms in total. The van der Waals surface area contributed by atoms with Gasteiger partial charge >= 0.3 is 0 Å². The van der Waals surface area contributed by atoms with Crippen LogP contribution in [0.2, 0.25) is 0 Å². The summed E-state index contributed by atoms with van der Waals surface area (Å²) < 4.78 is 1.06. The van der Waals surface area contributed by atoms with Crippen LogP contribution in [0.25, 0.3) is 0 Å². The van der Waals surface area contributed by atoms with Crippen LogP contribution in [0.4, 0.5) is 0 Å². The molecule has 0 spiro atoms. The maximum atomic E-state index is 12.8. The Morgan fingerprint density at radius 3 is 2.61 bits per heavy atom. The minimum absolute atomic E-state index is 0.111. The second-order valence-electron chi connectivity index (χ2n) is 7.68. The van der Waals surface area contributed by atoms with Gasteiger partial charge in [-0.05, 0) is 50.8 Å². The average molecular weight is 376 g/mol. The van der Waals surface area contributed by atoms with Crippen molar-refractivity contribution in [3.05, 3.63) is 33.8 Å². The van der Waals surface area contributed by atoms with Crippen LogP contribution in [0.1, 0.15) is 69.9 Å². The molecule has 0 unspecified atom stereocenters. The molecule has 3 rings (SSSR count). The van der Waals surface area contributed by atoms with Crippen LogP contribution in [0, 0.1) is 5.92 Å². The van der Waals surface area contributed by atoms with E-state index in [2.05, 4.69) is 48.0 Å². The van der Waals surface area contributed by atoms with E-state index in [1.54, 1.807) is 0 Å². The lowest BCUT2D eigenvalue weighted by atomic mass is 9.84. The first-order valence-electron chi connectivity index (χ1n) is 8.85. The molecule has 0 atom stereocenters. The summed E-state index contributed by atoms with van der Waals surface area (Å²) in [5, 5.41) is 0. The average Bonchev–Trinajstić information content (AvgIpc) is 2.76. The van der Waals surface area contributed by atoms with E-state index in [-0.39, 0.29) is 11.5 Å². The first kappa shape index (κ1) is 16.9. The molecular weight excluding hydrogens is 350 g/mol. The highest BCUT2D eigenvalue weighted by Crippen LogP contribution is 2.31. The number of carbonyl (C=O) groups excluding carboxylic acids is 1. The van der Waals surface area contributed by atoms with Crippen LogP contribution in [0.5, 0.6) is 0 Å². The molecule has 0 saturated heterocycles. The number of benzene rings is 1. The number of aliphatic imine (C=N–C) groups is 1. The van der Waals surface area contributed by atoms with Crippen LogP contribution < -0.4 is 0 Å². The van der Waals surface area contributed by atoms with Gasteiger partial charge in [-0.1, -0.05) is 47.7 Å². The number of halogens is 1. The molecule has 1 fully saturated rings. The molecule has 1 aromatic rings. The van der Waals surface area contributed by atoms with Gasteiger partial charge in [-0.3, -0.25) is 9.79 Å². The number of Topliss-reactive ketones (excluding diaryl/α,β-unsaturated/α-hetero) is 1. The van der Waals surface area contributed by atoms with E-state index in [1.807, 2.05) is 0 Å². The lowest BCUT2D eigenvalue weighted by Gasteiger charge is -2.29. The van der Waals surface area contributed by atoms with Gasteiger partial charge in [0.1, 0.15) is 5.78 Å². The molecule has 0 N–H and O–H groups in total. The van der Waals surface area contributed by atoms with Gasteiger partial charge in [-0.15, -0.1) is 0 Å². The molecule has 0 bridgehead atoms. The molecule has 1 saturated carbocycles. The summed E-state index contributed by atoms with van der Waals surface area (Å²) in [5.41, 5.74) is 3.37. The van der Waals surface area contributed by atoms with Crippen molar-refractivity contribution in [2.45, 2.75) is 70.8 Å². The van der Waals surface area contributed by atoms with Crippen LogP contribution in [0.15, 0.2) is 27.7 Å². The van der Waals surface area contributed by atoms with Gasteiger partial charge in [0.25, 0.3) is 0 Å². The van der Waals surface area contributed by atoms with Gasteiger partial charge in [0.15, 0.2) is 0 Å². The zero-order chi connectivity index (χ0) is 16.4. The summed E-state index contributed by atoms with van der Waals surface area (Å²) >= 11 is 3.56. The maximum Gasteiger partial charge on any atom is 0.141 e. The summed E-state index contributed by atoms with van der Waals surface area (Å²) in [4.78, 5) is 17.8. The highest BCUT2D eigenvalue weighted by atomic mass is 79.9. The number of hydrogen-bond donors (Lipinski definition) is 0. The van der Waals surface area contributed by atoms with Gasteiger partial charge in [0.05, 0.1) is 11.3 Å². The van der Waals surface area contributed by atoms with Crippen molar-refractivity contribution in [2.24, 2.45) is 10.9 Å². The Kier molecular flexibility index (Phi) is 5.05. The van der Waals surface area contributed by atoms with Crippen molar-refractivity contribution in [3.63, 3.8) is 0 Å². The summed E-state index contributed by atoms with van der Waals surface area (Å²) in [6.45, 7) is 4.32. The maximum absolute atomic E-state index is 12.8. The molecule has 1 aliphatic heterocycles. The molecule has 1 aromatic carbocycles. The number of ketones is 1. The lowest BCUT2D eigenvalue weighted by Crippen LogP contribution is -2.31. The van der Waals surface area contributed by atoms with Gasteiger partial charge in [0.2, 0.25) is 0 Å². The van der Waals surface area contributed by atoms with E-state index in [0.717, 1.165) is 29.4 Å². The third-order valence-electron chi connectivity index (χ3n) is 5.10. The molecule has 124 valence electrons. The standard InChI is InChI=1S/C20H26BrNO/c1-20(2)13-15-9-10-16(21)11-17(15)18(22-20)12-19(23)14-7-5-3-4-6-8-14/h9-11,14H,3-8,12-13H2,1-2H3. The molecular formula is C20H26BrNO. The van der Waals surface area contributed by atoms with E-state index < -0.39 is 0 Å². The Balaban J connectivity index is 1.84. The predicted molar refractivity (Wildman–Crippen MR) is 99.3 cm³/mol. The Morgan fingerprint density at radius 2 is 1.91 bits per heavy atom. The number of fused-ring (bicyclic) bond motifs is 1. The Hall–Kier alpha value is -0.960. The third-order valence-corrected chi connectivity index (χ3v) is 5.59. The summed E-state index contributed by atoms with van der Waals surface area (Å²) in [6.07, 6.45) is 8.56. The Bertz CT molecular complexity index is 625. The number of rotatable bonds is 3. The largest absolute Gasteiger partial charge is 0.299 e. The van der Waals surface area contributed by atoms with E-state index in [1.165, 1.54) is 36.8 Å². The smallest absolute Gasteiger partial charge is 0.141 e.